The van der Waals surface area contributed by atoms with Crippen molar-refractivity contribution in [3.63, 3.8) is 0 Å². The summed E-state index contributed by atoms with van der Waals surface area (Å²) in [7, 11) is 1.79. The first-order valence-electron chi connectivity index (χ1n) is 8.45. The van der Waals surface area contributed by atoms with Crippen LogP contribution in [0.4, 0.5) is 0 Å². The van der Waals surface area contributed by atoms with Gasteiger partial charge in [-0.3, -0.25) is 9.48 Å². The van der Waals surface area contributed by atoms with Crippen molar-refractivity contribution < 1.29 is 4.79 Å². The standard InChI is InChI=1S/C20H19N5O/c1-24(14-18-22-16-10-5-6-11-17(16)23-18)20(26)19(25-13-7-12-21-25)15-8-3-2-4-9-15/h2-13,19H,14H2,1H3,(H,22,23)/t19-/m1/s1. The average molecular weight is 345 g/mol. The zero-order valence-electron chi connectivity index (χ0n) is 14.4. The molecule has 0 bridgehead atoms. The molecule has 0 saturated carbocycles. The van der Waals surface area contributed by atoms with Crippen molar-refractivity contribution in [3.05, 3.63) is 84.4 Å². The minimum Gasteiger partial charge on any atom is -0.340 e. The maximum atomic E-state index is 13.2. The molecule has 0 unspecified atom stereocenters. The smallest absolute Gasteiger partial charge is 0.252 e. The monoisotopic (exact) mass is 345 g/mol. The van der Waals surface area contributed by atoms with Gasteiger partial charge in [0, 0.05) is 19.4 Å². The third-order valence-corrected chi connectivity index (χ3v) is 4.34. The summed E-state index contributed by atoms with van der Waals surface area (Å²) in [5.41, 5.74) is 2.77. The largest absolute Gasteiger partial charge is 0.340 e. The molecule has 6 heteroatoms. The van der Waals surface area contributed by atoms with Crippen LogP contribution in [-0.4, -0.2) is 37.6 Å². The number of hydrogen-bond acceptors (Lipinski definition) is 3. The second kappa shape index (κ2) is 6.84. The average Bonchev–Trinajstić information content (AvgIpc) is 3.32. The van der Waals surface area contributed by atoms with Gasteiger partial charge >= 0.3 is 0 Å². The number of benzene rings is 2. The highest BCUT2D eigenvalue weighted by atomic mass is 16.2. The van der Waals surface area contributed by atoms with Crippen molar-refractivity contribution in [1.29, 1.82) is 0 Å². The van der Waals surface area contributed by atoms with Gasteiger partial charge in [-0.2, -0.15) is 5.10 Å². The molecule has 0 aliphatic rings. The summed E-state index contributed by atoms with van der Waals surface area (Å²) in [5.74, 6) is 0.717. The molecule has 0 radical (unpaired) electrons. The molecule has 0 spiro atoms. The van der Waals surface area contributed by atoms with Gasteiger partial charge in [0.25, 0.3) is 5.91 Å². The lowest BCUT2D eigenvalue weighted by molar-refractivity contribution is -0.133. The van der Waals surface area contributed by atoms with E-state index in [1.165, 1.54) is 0 Å². The minimum atomic E-state index is -0.499. The summed E-state index contributed by atoms with van der Waals surface area (Å²) in [6, 6.07) is 18.8. The quantitative estimate of drug-likeness (QED) is 0.605. The molecule has 1 atom stereocenters. The molecule has 4 aromatic rings. The zero-order chi connectivity index (χ0) is 17.9. The number of imidazole rings is 1. The number of aromatic nitrogens is 4. The Labute approximate surface area is 151 Å². The summed E-state index contributed by atoms with van der Waals surface area (Å²) >= 11 is 0. The molecule has 0 saturated heterocycles. The summed E-state index contributed by atoms with van der Waals surface area (Å²) < 4.78 is 1.69. The van der Waals surface area contributed by atoms with Gasteiger partial charge in [0.15, 0.2) is 6.04 Å². The third kappa shape index (κ3) is 3.09. The normalized spacial score (nSPS) is 12.2. The van der Waals surface area contributed by atoms with E-state index < -0.39 is 6.04 Å². The van der Waals surface area contributed by atoms with E-state index >= 15 is 0 Å². The number of nitrogens with one attached hydrogen (secondary N) is 1. The van der Waals surface area contributed by atoms with E-state index in [0.717, 1.165) is 22.4 Å². The Morgan fingerprint density at radius 2 is 1.88 bits per heavy atom. The molecule has 0 fully saturated rings. The van der Waals surface area contributed by atoms with Crippen LogP contribution in [0.2, 0.25) is 0 Å². The van der Waals surface area contributed by atoms with E-state index in [1.54, 1.807) is 22.8 Å². The summed E-state index contributed by atoms with van der Waals surface area (Å²) in [6.45, 7) is 0.401. The lowest BCUT2D eigenvalue weighted by Gasteiger charge is -2.23. The Morgan fingerprint density at radius 1 is 1.12 bits per heavy atom. The Balaban J connectivity index is 1.60. The van der Waals surface area contributed by atoms with Crippen LogP contribution in [0.25, 0.3) is 11.0 Å². The summed E-state index contributed by atoms with van der Waals surface area (Å²) in [4.78, 5) is 22.7. The number of hydrogen-bond donors (Lipinski definition) is 1. The molecule has 130 valence electrons. The van der Waals surface area contributed by atoms with Crippen molar-refractivity contribution in [2.24, 2.45) is 0 Å². The fourth-order valence-corrected chi connectivity index (χ4v) is 3.07. The van der Waals surface area contributed by atoms with Crippen LogP contribution >= 0.6 is 0 Å². The molecule has 0 aliphatic heterocycles. The highest BCUT2D eigenvalue weighted by molar-refractivity contribution is 5.83. The Bertz CT molecular complexity index is 974. The van der Waals surface area contributed by atoms with Crippen LogP contribution in [0.1, 0.15) is 17.4 Å². The van der Waals surface area contributed by atoms with E-state index in [9.17, 15) is 4.79 Å². The molecule has 26 heavy (non-hydrogen) atoms. The zero-order valence-corrected chi connectivity index (χ0v) is 14.4. The van der Waals surface area contributed by atoms with Gasteiger partial charge in [0.1, 0.15) is 5.82 Å². The lowest BCUT2D eigenvalue weighted by Crippen LogP contribution is -2.35. The Kier molecular flexibility index (Phi) is 4.23. The fraction of sp³-hybridized carbons (Fsp3) is 0.150. The van der Waals surface area contributed by atoms with Crippen molar-refractivity contribution in [3.8, 4) is 0 Å². The van der Waals surface area contributed by atoms with Gasteiger partial charge in [-0.05, 0) is 23.8 Å². The van der Waals surface area contributed by atoms with Crippen LogP contribution in [0.3, 0.4) is 0 Å². The van der Waals surface area contributed by atoms with Crippen molar-refractivity contribution in [2.45, 2.75) is 12.6 Å². The number of H-pyrrole nitrogens is 1. The van der Waals surface area contributed by atoms with Crippen LogP contribution in [-0.2, 0) is 11.3 Å². The highest BCUT2D eigenvalue weighted by Gasteiger charge is 2.26. The number of nitrogens with zero attached hydrogens (tertiary/aromatic N) is 4. The number of aromatic amines is 1. The van der Waals surface area contributed by atoms with Gasteiger partial charge in [-0.15, -0.1) is 0 Å². The molecule has 2 heterocycles. The van der Waals surface area contributed by atoms with E-state index in [4.69, 9.17) is 0 Å². The molecule has 1 N–H and O–H groups in total. The molecule has 6 nitrogen and oxygen atoms in total. The first-order valence-corrected chi connectivity index (χ1v) is 8.45. The Hall–Kier alpha value is -3.41. The van der Waals surface area contributed by atoms with E-state index in [-0.39, 0.29) is 5.91 Å². The molecule has 2 aromatic heterocycles. The van der Waals surface area contributed by atoms with E-state index in [0.29, 0.717) is 6.54 Å². The maximum Gasteiger partial charge on any atom is 0.252 e. The molecule has 4 rings (SSSR count). The number of carbonyl (C=O) groups excluding carboxylic acids is 1. The number of para-hydroxylation sites is 2. The molecule has 1 amide bonds. The Morgan fingerprint density at radius 3 is 2.62 bits per heavy atom. The van der Waals surface area contributed by atoms with Crippen LogP contribution in [0.15, 0.2) is 73.1 Å². The predicted octanol–water partition coefficient (Wildman–Crippen LogP) is 3.01. The third-order valence-electron chi connectivity index (χ3n) is 4.34. The highest BCUT2D eigenvalue weighted by Crippen LogP contribution is 2.21. The van der Waals surface area contributed by atoms with Crippen molar-refractivity contribution >= 4 is 16.9 Å². The predicted molar refractivity (Wildman–Crippen MR) is 99.4 cm³/mol. The SMILES string of the molecule is CN(Cc1nc2ccccc2[nH]1)C(=O)[C@@H](c1ccccc1)n1cccn1. The second-order valence-corrected chi connectivity index (χ2v) is 6.19. The number of carbonyl (C=O) groups is 1. The minimum absolute atomic E-state index is 0.0413. The second-order valence-electron chi connectivity index (χ2n) is 6.19. The maximum absolute atomic E-state index is 13.2. The topological polar surface area (TPSA) is 66.8 Å². The van der Waals surface area contributed by atoms with E-state index in [2.05, 4.69) is 15.1 Å². The summed E-state index contributed by atoms with van der Waals surface area (Å²) in [6.07, 6.45) is 3.49. The van der Waals surface area contributed by atoms with Crippen LogP contribution in [0.5, 0.6) is 0 Å². The van der Waals surface area contributed by atoms with Gasteiger partial charge in [0.2, 0.25) is 0 Å². The van der Waals surface area contributed by atoms with Gasteiger partial charge in [-0.1, -0.05) is 42.5 Å². The van der Waals surface area contributed by atoms with E-state index in [1.807, 2.05) is 66.9 Å². The fourth-order valence-electron chi connectivity index (χ4n) is 3.07. The lowest BCUT2D eigenvalue weighted by atomic mass is 10.1. The van der Waals surface area contributed by atoms with Crippen LogP contribution in [0, 0.1) is 0 Å². The van der Waals surface area contributed by atoms with Gasteiger partial charge in [0.05, 0.1) is 17.6 Å². The number of fused-ring (bicyclic) bond motifs is 1. The van der Waals surface area contributed by atoms with Crippen molar-refractivity contribution in [1.82, 2.24) is 24.6 Å². The van der Waals surface area contributed by atoms with Crippen LogP contribution < -0.4 is 0 Å². The number of likely N-dealkylation sites (N-methyl/N-ethyl adjacent to an activating group) is 1. The first-order chi connectivity index (χ1) is 12.7. The summed E-state index contributed by atoms with van der Waals surface area (Å²) in [5, 5.41) is 4.28. The molecular weight excluding hydrogens is 326 g/mol. The van der Waals surface area contributed by atoms with Crippen molar-refractivity contribution in [2.75, 3.05) is 7.05 Å². The molecule has 2 aromatic carbocycles. The number of amides is 1. The molecule has 0 aliphatic carbocycles. The van der Waals surface area contributed by atoms with Gasteiger partial charge < -0.3 is 9.88 Å². The number of rotatable bonds is 5. The first kappa shape index (κ1) is 16.1. The molecular formula is C20H19N5O. The van der Waals surface area contributed by atoms with Gasteiger partial charge in [-0.25, -0.2) is 4.98 Å².